The molecular formula is C17H28BN3O3. The van der Waals surface area contributed by atoms with Crippen LogP contribution in [0, 0.1) is 11.8 Å². The topological polar surface area (TPSA) is 96.0 Å². The highest BCUT2D eigenvalue weighted by atomic mass is 16.4. The molecule has 0 aromatic heterocycles. The summed E-state index contributed by atoms with van der Waals surface area (Å²) in [6, 6.07) is 0. The number of allylic oxidation sites excluding steroid dienone is 2. The van der Waals surface area contributed by atoms with Crippen LogP contribution in [0.3, 0.4) is 0 Å². The van der Waals surface area contributed by atoms with Crippen LogP contribution in [0.25, 0.3) is 0 Å². The van der Waals surface area contributed by atoms with Gasteiger partial charge in [-0.1, -0.05) is 25.7 Å². The van der Waals surface area contributed by atoms with Crippen molar-refractivity contribution in [1.82, 2.24) is 4.90 Å². The molecule has 2 radical (unpaired) electrons. The maximum Gasteiger partial charge on any atom is 0.325 e. The standard InChI is InChI=1S/C17H28BN3O3/c1-4-14(20-5-2)9-12(3)15(22)21-10-13(7-6-8-18)17(19,11-21)16(23)24/h4-5,12-13H,6-11,19H2,1-3H3,(H,23,24)/b14-4-,20-5?/t12-,13-,17-/m0/s1. The highest BCUT2D eigenvalue weighted by Crippen LogP contribution is 2.31. The predicted molar refractivity (Wildman–Crippen MR) is 96.1 cm³/mol. The Labute approximate surface area is 145 Å². The van der Waals surface area contributed by atoms with Gasteiger partial charge in [-0.25, -0.2) is 0 Å². The molecule has 1 aliphatic heterocycles. The van der Waals surface area contributed by atoms with Gasteiger partial charge >= 0.3 is 5.97 Å². The molecule has 0 aromatic carbocycles. The smallest absolute Gasteiger partial charge is 0.325 e. The van der Waals surface area contributed by atoms with Crippen molar-refractivity contribution in [2.24, 2.45) is 22.6 Å². The summed E-state index contributed by atoms with van der Waals surface area (Å²) in [6.45, 7) is 5.96. The molecule has 0 unspecified atom stereocenters. The lowest BCUT2D eigenvalue weighted by Gasteiger charge is -2.25. The first kappa shape index (κ1) is 20.4. The van der Waals surface area contributed by atoms with Gasteiger partial charge in [0.2, 0.25) is 5.91 Å². The van der Waals surface area contributed by atoms with Gasteiger partial charge in [0.25, 0.3) is 0 Å². The Morgan fingerprint density at radius 3 is 2.67 bits per heavy atom. The van der Waals surface area contributed by atoms with Gasteiger partial charge in [-0.3, -0.25) is 14.6 Å². The lowest BCUT2D eigenvalue weighted by atomic mass is 9.83. The van der Waals surface area contributed by atoms with E-state index in [1.54, 1.807) is 11.1 Å². The maximum atomic E-state index is 12.7. The van der Waals surface area contributed by atoms with Gasteiger partial charge in [0.05, 0.1) is 7.85 Å². The van der Waals surface area contributed by atoms with Crippen LogP contribution in [-0.2, 0) is 9.59 Å². The van der Waals surface area contributed by atoms with E-state index in [1.165, 1.54) is 0 Å². The highest BCUT2D eigenvalue weighted by molar-refractivity contribution is 6.08. The average Bonchev–Trinajstić information content (AvgIpc) is 2.89. The first-order chi connectivity index (χ1) is 11.3. The van der Waals surface area contributed by atoms with Crippen molar-refractivity contribution in [2.45, 2.75) is 51.9 Å². The van der Waals surface area contributed by atoms with E-state index >= 15 is 0 Å². The molecule has 3 N–H and O–H groups in total. The predicted octanol–water partition coefficient (Wildman–Crippen LogP) is 1.61. The van der Waals surface area contributed by atoms with Gasteiger partial charge in [-0.05, 0) is 20.3 Å². The highest BCUT2D eigenvalue weighted by Gasteiger charge is 2.50. The van der Waals surface area contributed by atoms with E-state index in [4.69, 9.17) is 13.6 Å². The van der Waals surface area contributed by atoms with Crippen molar-refractivity contribution in [2.75, 3.05) is 13.1 Å². The number of rotatable bonds is 8. The largest absolute Gasteiger partial charge is 0.480 e. The SMILES string of the molecule is [B]CCC[C@H]1CN(C(=O)[C@@H](C)C/C(=C/C)N=CC)C[C@@]1(N)C(=O)O. The van der Waals surface area contributed by atoms with E-state index in [0.717, 1.165) is 5.70 Å². The van der Waals surface area contributed by atoms with E-state index in [-0.39, 0.29) is 24.3 Å². The van der Waals surface area contributed by atoms with Crippen molar-refractivity contribution in [3.05, 3.63) is 11.8 Å². The van der Waals surface area contributed by atoms with E-state index in [2.05, 4.69) is 4.99 Å². The molecule has 1 aliphatic rings. The van der Waals surface area contributed by atoms with Gasteiger partial charge in [-0.15, -0.1) is 0 Å². The Kier molecular flexibility index (Phi) is 7.67. The van der Waals surface area contributed by atoms with E-state index in [1.807, 2.05) is 26.8 Å². The van der Waals surface area contributed by atoms with E-state index in [9.17, 15) is 14.7 Å². The summed E-state index contributed by atoms with van der Waals surface area (Å²) in [5.74, 6) is -1.68. The fourth-order valence-electron chi connectivity index (χ4n) is 3.19. The van der Waals surface area contributed by atoms with Crippen molar-refractivity contribution in [3.63, 3.8) is 0 Å². The third kappa shape index (κ3) is 4.69. The molecule has 3 atom stereocenters. The lowest BCUT2D eigenvalue weighted by Crippen LogP contribution is -2.55. The zero-order chi connectivity index (χ0) is 18.3. The van der Waals surface area contributed by atoms with Crippen LogP contribution in [0.15, 0.2) is 16.8 Å². The summed E-state index contributed by atoms with van der Waals surface area (Å²) >= 11 is 0. The third-order valence-corrected chi connectivity index (χ3v) is 4.65. The van der Waals surface area contributed by atoms with Crippen LogP contribution in [0.4, 0.5) is 0 Å². The lowest BCUT2D eigenvalue weighted by molar-refractivity contribution is -0.144. The Bertz CT molecular complexity index is 521. The van der Waals surface area contributed by atoms with Gasteiger partial charge in [-0.2, -0.15) is 0 Å². The molecule has 1 fully saturated rings. The minimum atomic E-state index is -1.39. The summed E-state index contributed by atoms with van der Waals surface area (Å²) in [5, 5.41) is 9.51. The maximum absolute atomic E-state index is 12.7. The van der Waals surface area contributed by atoms with Crippen LogP contribution in [0.5, 0.6) is 0 Å². The number of aliphatic carboxylic acids is 1. The van der Waals surface area contributed by atoms with Gasteiger partial charge in [0.1, 0.15) is 5.54 Å². The fourth-order valence-corrected chi connectivity index (χ4v) is 3.19. The van der Waals surface area contributed by atoms with E-state index < -0.39 is 11.5 Å². The third-order valence-electron chi connectivity index (χ3n) is 4.65. The molecule has 7 heteroatoms. The summed E-state index contributed by atoms with van der Waals surface area (Å²) < 4.78 is 0. The average molecular weight is 333 g/mol. The molecule has 0 saturated carbocycles. The fraction of sp³-hybridized carbons (Fsp3) is 0.706. The Morgan fingerprint density at radius 1 is 1.50 bits per heavy atom. The van der Waals surface area contributed by atoms with Gasteiger partial charge in [0.15, 0.2) is 0 Å². The Balaban J connectivity index is 2.83. The zero-order valence-electron chi connectivity index (χ0n) is 14.9. The summed E-state index contributed by atoms with van der Waals surface area (Å²) in [7, 11) is 5.52. The van der Waals surface area contributed by atoms with E-state index in [0.29, 0.717) is 32.1 Å². The molecule has 0 spiro atoms. The molecule has 1 rings (SSSR count). The van der Waals surface area contributed by atoms with Crippen molar-refractivity contribution < 1.29 is 14.7 Å². The van der Waals surface area contributed by atoms with Crippen LogP contribution < -0.4 is 5.73 Å². The van der Waals surface area contributed by atoms with Gasteiger partial charge < -0.3 is 15.7 Å². The molecule has 24 heavy (non-hydrogen) atoms. The second kappa shape index (κ2) is 9.01. The monoisotopic (exact) mass is 333 g/mol. The second-order valence-corrected chi connectivity index (χ2v) is 6.46. The molecule has 0 aromatic rings. The normalized spacial score (nSPS) is 26.1. The van der Waals surface area contributed by atoms with Crippen LogP contribution in [-0.4, -0.2) is 54.6 Å². The number of hydrogen-bond donors (Lipinski definition) is 2. The number of carboxylic acid groups (broad SMARTS) is 1. The first-order valence-corrected chi connectivity index (χ1v) is 8.45. The Hall–Kier alpha value is -1.63. The number of hydrogen-bond acceptors (Lipinski definition) is 4. The Morgan fingerprint density at radius 2 is 2.17 bits per heavy atom. The van der Waals surface area contributed by atoms with Gasteiger partial charge in [0, 0.05) is 43.3 Å². The van der Waals surface area contributed by atoms with Crippen LogP contribution >= 0.6 is 0 Å². The number of carbonyl (C=O) groups excluding carboxylic acids is 1. The van der Waals surface area contributed by atoms with Crippen molar-refractivity contribution in [3.8, 4) is 0 Å². The number of nitrogens with two attached hydrogens (primary N) is 1. The van der Waals surface area contributed by atoms with Crippen LogP contribution in [0.1, 0.15) is 40.0 Å². The molecule has 0 bridgehead atoms. The summed E-state index contributed by atoms with van der Waals surface area (Å²) in [4.78, 5) is 30.1. The summed E-state index contributed by atoms with van der Waals surface area (Å²) in [5.41, 5.74) is 5.57. The van der Waals surface area contributed by atoms with Crippen molar-refractivity contribution >= 4 is 25.9 Å². The molecule has 1 heterocycles. The number of nitrogens with zero attached hydrogens (tertiary/aromatic N) is 2. The minimum absolute atomic E-state index is 0.0446. The molecule has 1 saturated heterocycles. The summed E-state index contributed by atoms with van der Waals surface area (Å²) in [6.07, 6.45) is 5.88. The zero-order valence-corrected chi connectivity index (χ0v) is 14.9. The molecular weight excluding hydrogens is 305 g/mol. The van der Waals surface area contributed by atoms with Crippen molar-refractivity contribution in [1.29, 1.82) is 0 Å². The molecule has 0 aliphatic carbocycles. The number of carboxylic acids is 1. The number of carbonyl (C=O) groups is 2. The minimum Gasteiger partial charge on any atom is -0.480 e. The quantitative estimate of drug-likeness (QED) is 0.521. The van der Waals surface area contributed by atoms with Crippen LogP contribution in [0.2, 0.25) is 6.32 Å². The molecule has 6 nitrogen and oxygen atoms in total. The number of likely N-dealkylation sites (tertiary alicyclic amines) is 1. The number of aliphatic imine (C=N–C) groups is 1. The molecule has 132 valence electrons. The first-order valence-electron chi connectivity index (χ1n) is 8.45. The second-order valence-electron chi connectivity index (χ2n) is 6.46. The number of amides is 1. The molecule has 1 amide bonds.